The minimum Gasteiger partial charge on any atom is -0.491 e. The molecule has 0 spiro atoms. The van der Waals surface area contributed by atoms with E-state index in [0.717, 1.165) is 24.3 Å². The molecule has 0 aliphatic rings. The number of alkyl halides is 3. The van der Waals surface area contributed by atoms with Gasteiger partial charge in [0.25, 0.3) is 5.91 Å². The van der Waals surface area contributed by atoms with Gasteiger partial charge in [0.1, 0.15) is 11.6 Å². The van der Waals surface area contributed by atoms with Crippen LogP contribution in [-0.2, 0) is 6.18 Å². The molecule has 0 saturated heterocycles. The molecule has 2 rings (SSSR count). The maximum absolute atomic E-state index is 13.4. The second kappa shape index (κ2) is 7.55. The van der Waals surface area contributed by atoms with Crippen molar-refractivity contribution < 1.29 is 27.1 Å². The summed E-state index contributed by atoms with van der Waals surface area (Å²) in [5.41, 5.74) is -0.486. The first kappa shape index (κ1) is 18.8. The highest BCUT2D eigenvalue weighted by atomic mass is 19.4. The number of ether oxygens (including phenoxy) is 1. The Kier molecular flexibility index (Phi) is 5.66. The summed E-state index contributed by atoms with van der Waals surface area (Å²) in [5, 5.41) is 2.39. The third-order valence-corrected chi connectivity index (χ3v) is 3.46. The smallest absolute Gasteiger partial charge is 0.416 e. The number of benzene rings is 2. The third kappa shape index (κ3) is 4.71. The van der Waals surface area contributed by atoms with E-state index in [1.54, 1.807) is 6.92 Å². The second-order valence-electron chi connectivity index (χ2n) is 5.47. The number of anilines is 1. The van der Waals surface area contributed by atoms with Crippen molar-refractivity contribution in [3.8, 4) is 5.75 Å². The molecule has 0 fully saturated rings. The third-order valence-electron chi connectivity index (χ3n) is 3.46. The molecule has 0 heterocycles. The fourth-order valence-electron chi connectivity index (χ4n) is 2.17. The fraction of sp³-hybridized carbons (Fsp3) is 0.278. The van der Waals surface area contributed by atoms with Crippen molar-refractivity contribution in [3.05, 3.63) is 58.9 Å². The molecule has 0 radical (unpaired) electrons. The Morgan fingerprint density at radius 2 is 1.88 bits per heavy atom. The molecule has 1 N–H and O–H groups in total. The topological polar surface area (TPSA) is 38.3 Å². The van der Waals surface area contributed by atoms with E-state index >= 15 is 0 Å². The van der Waals surface area contributed by atoms with E-state index in [4.69, 9.17) is 4.74 Å². The summed E-state index contributed by atoms with van der Waals surface area (Å²) in [4.78, 5) is 12.4. The molecular weight excluding hydrogens is 338 g/mol. The van der Waals surface area contributed by atoms with Gasteiger partial charge in [-0.1, -0.05) is 13.0 Å². The van der Waals surface area contributed by atoms with Crippen molar-refractivity contribution in [3.63, 3.8) is 0 Å². The summed E-state index contributed by atoms with van der Waals surface area (Å²) in [6.07, 6.45) is -3.91. The Labute approximate surface area is 142 Å². The fourth-order valence-corrected chi connectivity index (χ4v) is 2.17. The normalized spacial score (nSPS) is 11.3. The maximum Gasteiger partial charge on any atom is 0.416 e. The lowest BCUT2D eigenvalue weighted by Gasteiger charge is -2.15. The zero-order chi connectivity index (χ0) is 18.6. The van der Waals surface area contributed by atoms with E-state index in [0.29, 0.717) is 12.0 Å². The highest BCUT2D eigenvalue weighted by molar-refractivity contribution is 6.06. The van der Waals surface area contributed by atoms with Crippen LogP contribution in [0.2, 0.25) is 0 Å². The molecule has 0 bridgehead atoms. The van der Waals surface area contributed by atoms with Gasteiger partial charge in [-0.05, 0) is 49.2 Å². The van der Waals surface area contributed by atoms with Gasteiger partial charge in [0, 0.05) is 5.56 Å². The molecule has 7 heteroatoms. The van der Waals surface area contributed by atoms with Crippen LogP contribution in [0, 0.1) is 12.7 Å². The molecule has 2 aromatic carbocycles. The summed E-state index contributed by atoms with van der Waals surface area (Å²) < 4.78 is 57.5. The monoisotopic (exact) mass is 355 g/mol. The Morgan fingerprint density at radius 1 is 1.16 bits per heavy atom. The molecule has 3 nitrogen and oxygen atoms in total. The second-order valence-corrected chi connectivity index (χ2v) is 5.47. The molecule has 0 saturated carbocycles. The lowest BCUT2D eigenvalue weighted by atomic mass is 10.1. The Bertz CT molecular complexity index is 772. The van der Waals surface area contributed by atoms with Crippen LogP contribution in [0.5, 0.6) is 5.75 Å². The summed E-state index contributed by atoms with van der Waals surface area (Å²) >= 11 is 0. The van der Waals surface area contributed by atoms with E-state index in [-0.39, 0.29) is 23.6 Å². The number of halogens is 4. The van der Waals surface area contributed by atoms with Gasteiger partial charge in [-0.25, -0.2) is 4.39 Å². The van der Waals surface area contributed by atoms with Gasteiger partial charge in [-0.2, -0.15) is 13.2 Å². The zero-order valence-electron chi connectivity index (χ0n) is 13.7. The number of amides is 1. The molecule has 134 valence electrons. The van der Waals surface area contributed by atoms with Crippen LogP contribution in [0.3, 0.4) is 0 Å². The first-order valence-electron chi connectivity index (χ1n) is 7.64. The van der Waals surface area contributed by atoms with Gasteiger partial charge in [0.15, 0.2) is 0 Å². The number of hydrogen-bond acceptors (Lipinski definition) is 2. The van der Waals surface area contributed by atoms with Crippen LogP contribution < -0.4 is 10.1 Å². The molecule has 0 aromatic heterocycles. The summed E-state index contributed by atoms with van der Waals surface area (Å²) in [6.45, 7) is 3.74. The summed E-state index contributed by atoms with van der Waals surface area (Å²) in [6, 6.07) is 6.50. The number of rotatable bonds is 5. The van der Waals surface area contributed by atoms with Crippen LogP contribution in [0.4, 0.5) is 23.2 Å². The Hall–Kier alpha value is -2.57. The van der Waals surface area contributed by atoms with Crippen molar-refractivity contribution in [2.24, 2.45) is 0 Å². The van der Waals surface area contributed by atoms with Crippen molar-refractivity contribution in [2.45, 2.75) is 26.4 Å². The predicted octanol–water partition coefficient (Wildman–Crippen LogP) is 5.19. The number of carbonyl (C=O) groups excluding carboxylic acids is 1. The molecule has 0 atom stereocenters. The Morgan fingerprint density at radius 3 is 2.52 bits per heavy atom. The highest BCUT2D eigenvalue weighted by Gasteiger charge is 2.31. The average Bonchev–Trinajstić information content (AvgIpc) is 2.54. The van der Waals surface area contributed by atoms with Crippen LogP contribution in [0.1, 0.15) is 34.8 Å². The number of carbonyl (C=O) groups is 1. The number of aryl methyl sites for hydroxylation is 1. The molecule has 1 amide bonds. The Balaban J connectivity index is 2.37. The van der Waals surface area contributed by atoms with Crippen LogP contribution >= 0.6 is 0 Å². The molecular formula is C18H17F4NO2. The van der Waals surface area contributed by atoms with E-state index in [1.165, 1.54) is 12.1 Å². The van der Waals surface area contributed by atoms with Gasteiger partial charge in [0.2, 0.25) is 0 Å². The van der Waals surface area contributed by atoms with Gasteiger partial charge in [0.05, 0.1) is 17.9 Å². The van der Waals surface area contributed by atoms with Gasteiger partial charge in [-0.15, -0.1) is 0 Å². The van der Waals surface area contributed by atoms with Gasteiger partial charge >= 0.3 is 6.18 Å². The summed E-state index contributed by atoms with van der Waals surface area (Å²) in [7, 11) is 0. The van der Waals surface area contributed by atoms with Gasteiger partial charge in [-0.3, -0.25) is 4.79 Å². The first-order valence-corrected chi connectivity index (χ1v) is 7.64. The largest absolute Gasteiger partial charge is 0.491 e. The minimum atomic E-state index is -4.56. The number of nitrogens with one attached hydrogen (secondary N) is 1. The first-order chi connectivity index (χ1) is 11.7. The van der Waals surface area contributed by atoms with Crippen molar-refractivity contribution in [1.82, 2.24) is 0 Å². The van der Waals surface area contributed by atoms with E-state index in [9.17, 15) is 22.4 Å². The lowest BCUT2D eigenvalue weighted by molar-refractivity contribution is -0.137. The predicted molar refractivity (Wildman–Crippen MR) is 86.3 cm³/mol. The van der Waals surface area contributed by atoms with E-state index in [1.807, 2.05) is 6.92 Å². The van der Waals surface area contributed by atoms with Crippen molar-refractivity contribution in [2.75, 3.05) is 11.9 Å². The average molecular weight is 355 g/mol. The van der Waals surface area contributed by atoms with E-state index in [2.05, 4.69) is 5.32 Å². The highest BCUT2D eigenvalue weighted by Crippen LogP contribution is 2.35. The molecule has 0 unspecified atom stereocenters. The minimum absolute atomic E-state index is 0.0406. The molecule has 0 aliphatic carbocycles. The molecule has 0 aliphatic heterocycles. The SMILES string of the molecule is CCCOc1ccc(C(F)(F)F)cc1NC(=O)c1cc(F)ccc1C. The summed E-state index contributed by atoms with van der Waals surface area (Å²) in [5.74, 6) is -1.20. The quantitative estimate of drug-likeness (QED) is 0.749. The molecule has 25 heavy (non-hydrogen) atoms. The van der Waals surface area contributed by atoms with Crippen molar-refractivity contribution >= 4 is 11.6 Å². The standard InChI is InChI=1S/C18H17F4NO2/c1-3-8-25-16-7-5-12(18(20,21)22)9-15(16)23-17(24)14-10-13(19)6-4-11(14)2/h4-7,9-10H,3,8H2,1-2H3,(H,23,24). The van der Waals surface area contributed by atoms with Crippen LogP contribution in [0.15, 0.2) is 36.4 Å². The lowest BCUT2D eigenvalue weighted by Crippen LogP contribution is -2.16. The zero-order valence-corrected chi connectivity index (χ0v) is 13.7. The van der Waals surface area contributed by atoms with Crippen molar-refractivity contribution in [1.29, 1.82) is 0 Å². The number of hydrogen-bond donors (Lipinski definition) is 1. The van der Waals surface area contributed by atoms with Crippen LogP contribution in [-0.4, -0.2) is 12.5 Å². The van der Waals surface area contributed by atoms with E-state index < -0.39 is 23.5 Å². The molecule has 2 aromatic rings. The van der Waals surface area contributed by atoms with Crippen LogP contribution in [0.25, 0.3) is 0 Å². The van der Waals surface area contributed by atoms with Gasteiger partial charge < -0.3 is 10.1 Å². The maximum atomic E-state index is 13.4.